The molecule has 10 heteroatoms. The first-order valence-electron chi connectivity index (χ1n) is 8.33. The average molecular weight is 411 g/mol. The van der Waals surface area contributed by atoms with Crippen molar-refractivity contribution < 1.29 is 19.1 Å². The molecule has 0 aliphatic heterocycles. The number of rotatable bonds is 6. The summed E-state index contributed by atoms with van der Waals surface area (Å²) in [6, 6.07) is -0.736. The number of thioether (sulfide) groups is 1. The highest BCUT2D eigenvalue weighted by Crippen LogP contribution is 2.34. The van der Waals surface area contributed by atoms with E-state index in [1.807, 2.05) is 13.8 Å². The highest BCUT2D eigenvalue weighted by molar-refractivity contribution is 8.00. The van der Waals surface area contributed by atoms with E-state index in [0.717, 1.165) is 20.7 Å². The number of hydrogen-bond acceptors (Lipinski definition) is 8. The molecule has 3 amide bonds. The molecule has 0 fully saturated rings. The van der Waals surface area contributed by atoms with E-state index in [1.54, 1.807) is 25.2 Å². The van der Waals surface area contributed by atoms with E-state index >= 15 is 0 Å². The van der Waals surface area contributed by atoms with Crippen LogP contribution in [0.4, 0.5) is 4.79 Å². The normalized spacial score (nSPS) is 12.1. The van der Waals surface area contributed by atoms with Gasteiger partial charge < -0.3 is 10.1 Å². The molecular formula is C17H22N4O4S2. The van der Waals surface area contributed by atoms with Gasteiger partial charge in [0.05, 0.1) is 5.75 Å². The van der Waals surface area contributed by atoms with Gasteiger partial charge in [-0.2, -0.15) is 0 Å². The summed E-state index contributed by atoms with van der Waals surface area (Å²) >= 11 is 2.81. The van der Waals surface area contributed by atoms with Crippen molar-refractivity contribution >= 4 is 51.2 Å². The van der Waals surface area contributed by atoms with E-state index in [2.05, 4.69) is 20.6 Å². The molecule has 27 heavy (non-hydrogen) atoms. The smallest absolute Gasteiger partial charge is 0.321 e. The maximum Gasteiger partial charge on any atom is 0.321 e. The molecule has 0 unspecified atom stereocenters. The lowest BCUT2D eigenvalue weighted by Gasteiger charge is -2.14. The monoisotopic (exact) mass is 410 g/mol. The van der Waals surface area contributed by atoms with Gasteiger partial charge in [0.1, 0.15) is 16.2 Å². The quantitative estimate of drug-likeness (QED) is 0.428. The van der Waals surface area contributed by atoms with E-state index in [0.29, 0.717) is 5.03 Å². The summed E-state index contributed by atoms with van der Waals surface area (Å²) in [5, 5.41) is 6.30. The Balaban J connectivity index is 1.91. The van der Waals surface area contributed by atoms with E-state index in [4.69, 9.17) is 4.74 Å². The Hall–Kier alpha value is -2.20. The zero-order valence-corrected chi connectivity index (χ0v) is 17.4. The predicted octanol–water partition coefficient (Wildman–Crippen LogP) is 2.57. The Labute approximate surface area is 165 Å². The minimum Gasteiger partial charge on any atom is -0.452 e. The number of nitrogens with one attached hydrogen (secondary N) is 2. The molecule has 0 aliphatic carbocycles. The summed E-state index contributed by atoms with van der Waals surface area (Å²) in [6.45, 7) is 8.96. The Morgan fingerprint density at radius 3 is 2.59 bits per heavy atom. The number of aryl methyl sites for hydroxylation is 2. The molecule has 2 aromatic heterocycles. The summed E-state index contributed by atoms with van der Waals surface area (Å²) in [7, 11) is 0. The van der Waals surface area contributed by atoms with Gasteiger partial charge in [-0.15, -0.1) is 11.3 Å². The maximum absolute atomic E-state index is 12.1. The van der Waals surface area contributed by atoms with Gasteiger partial charge in [0, 0.05) is 16.3 Å². The van der Waals surface area contributed by atoms with Gasteiger partial charge in [0.2, 0.25) is 0 Å². The summed E-state index contributed by atoms with van der Waals surface area (Å²) in [4.78, 5) is 46.0. The number of aromatic nitrogens is 2. The van der Waals surface area contributed by atoms with Crippen LogP contribution in [0.3, 0.4) is 0 Å². The summed E-state index contributed by atoms with van der Waals surface area (Å²) in [6.07, 6.45) is 0.390. The lowest BCUT2D eigenvalue weighted by molar-refractivity contribution is -0.151. The molecule has 2 rings (SSSR count). The lowest BCUT2D eigenvalue weighted by atomic mass is 10.2. The van der Waals surface area contributed by atoms with Crippen LogP contribution in [0.25, 0.3) is 10.2 Å². The van der Waals surface area contributed by atoms with Gasteiger partial charge in [-0.1, -0.05) is 11.8 Å². The highest BCUT2D eigenvalue weighted by Gasteiger charge is 2.21. The second-order valence-electron chi connectivity index (χ2n) is 6.18. The zero-order chi connectivity index (χ0) is 20.1. The standard InChI is InChI=1S/C17H22N4O4S2/c1-8(2)20-17(24)21-14(23)10(4)25-12(22)6-26-15-13-9(3)11(5)27-16(13)19-7-18-15/h7-8,10H,6H2,1-5H3,(H2,20,21,23,24)/t10-/m1/s1. The van der Waals surface area contributed by atoms with Crippen molar-refractivity contribution in [2.45, 2.75) is 51.8 Å². The van der Waals surface area contributed by atoms with Gasteiger partial charge in [0.25, 0.3) is 5.91 Å². The molecular weight excluding hydrogens is 388 g/mol. The number of ether oxygens (including phenoxy) is 1. The fourth-order valence-corrected chi connectivity index (χ4v) is 4.08. The van der Waals surface area contributed by atoms with Crippen LogP contribution in [0.5, 0.6) is 0 Å². The van der Waals surface area contributed by atoms with E-state index in [1.165, 1.54) is 25.0 Å². The molecule has 0 radical (unpaired) electrons. The van der Waals surface area contributed by atoms with E-state index in [-0.39, 0.29) is 11.8 Å². The maximum atomic E-state index is 12.1. The molecule has 0 saturated carbocycles. The fourth-order valence-electron chi connectivity index (χ4n) is 2.18. The summed E-state index contributed by atoms with van der Waals surface area (Å²) < 4.78 is 5.09. The number of hydrogen-bond donors (Lipinski definition) is 2. The number of carbonyl (C=O) groups is 3. The van der Waals surface area contributed by atoms with Gasteiger partial charge in [-0.25, -0.2) is 14.8 Å². The Kier molecular flexibility index (Phi) is 7.14. The number of amides is 3. The third-order valence-corrected chi connectivity index (χ3v) is 5.67. The first-order valence-corrected chi connectivity index (χ1v) is 10.1. The van der Waals surface area contributed by atoms with Crippen LogP contribution in [0.1, 0.15) is 31.2 Å². The molecule has 0 saturated heterocycles. The Bertz CT molecular complexity index is 866. The Morgan fingerprint density at radius 1 is 1.22 bits per heavy atom. The molecule has 0 aliphatic rings. The van der Waals surface area contributed by atoms with Crippen molar-refractivity contribution in [3.63, 3.8) is 0 Å². The number of thiophene rings is 1. The van der Waals surface area contributed by atoms with Gasteiger partial charge in [-0.3, -0.25) is 14.9 Å². The first kappa shape index (κ1) is 21.1. The predicted molar refractivity (Wildman–Crippen MR) is 105 cm³/mol. The number of imide groups is 1. The SMILES string of the molecule is Cc1sc2ncnc(SCC(=O)O[C@H](C)C(=O)NC(=O)NC(C)C)c2c1C. The highest BCUT2D eigenvalue weighted by atomic mass is 32.2. The van der Waals surface area contributed by atoms with E-state index < -0.39 is 24.0 Å². The molecule has 0 spiro atoms. The lowest BCUT2D eigenvalue weighted by Crippen LogP contribution is -2.46. The van der Waals surface area contributed by atoms with Crippen LogP contribution < -0.4 is 10.6 Å². The fraction of sp³-hybridized carbons (Fsp3) is 0.471. The van der Waals surface area contributed by atoms with Crippen LogP contribution in [-0.2, 0) is 14.3 Å². The average Bonchev–Trinajstić information content (AvgIpc) is 2.87. The summed E-state index contributed by atoms with van der Waals surface area (Å²) in [5.41, 5.74) is 1.09. The second kappa shape index (κ2) is 9.14. The second-order valence-corrected chi connectivity index (χ2v) is 8.35. The van der Waals surface area contributed by atoms with Crippen molar-refractivity contribution in [1.29, 1.82) is 0 Å². The van der Waals surface area contributed by atoms with Gasteiger partial charge in [-0.05, 0) is 40.2 Å². The molecule has 146 valence electrons. The Morgan fingerprint density at radius 2 is 1.93 bits per heavy atom. The molecule has 2 aromatic rings. The third-order valence-electron chi connectivity index (χ3n) is 3.59. The van der Waals surface area contributed by atoms with Gasteiger partial charge in [0.15, 0.2) is 6.10 Å². The number of nitrogens with zero attached hydrogens (tertiary/aromatic N) is 2. The molecule has 0 bridgehead atoms. The van der Waals surface area contributed by atoms with Crippen molar-refractivity contribution in [3.05, 3.63) is 16.8 Å². The number of esters is 1. The molecule has 2 N–H and O–H groups in total. The summed E-state index contributed by atoms with van der Waals surface area (Å²) in [5.74, 6) is -1.25. The van der Waals surface area contributed by atoms with Crippen LogP contribution >= 0.6 is 23.1 Å². The van der Waals surface area contributed by atoms with Crippen LogP contribution in [0.15, 0.2) is 11.4 Å². The van der Waals surface area contributed by atoms with Crippen molar-refractivity contribution in [2.24, 2.45) is 0 Å². The largest absolute Gasteiger partial charge is 0.452 e. The van der Waals surface area contributed by atoms with Crippen molar-refractivity contribution in [2.75, 3.05) is 5.75 Å². The van der Waals surface area contributed by atoms with Crippen LogP contribution in [-0.4, -0.2) is 45.8 Å². The number of fused-ring (bicyclic) bond motifs is 1. The molecule has 0 aromatic carbocycles. The van der Waals surface area contributed by atoms with E-state index in [9.17, 15) is 14.4 Å². The molecule has 1 atom stereocenters. The van der Waals surface area contributed by atoms with Crippen molar-refractivity contribution in [1.82, 2.24) is 20.6 Å². The molecule has 8 nitrogen and oxygen atoms in total. The minimum atomic E-state index is -1.08. The topological polar surface area (TPSA) is 110 Å². The zero-order valence-electron chi connectivity index (χ0n) is 15.8. The van der Waals surface area contributed by atoms with Crippen LogP contribution in [0, 0.1) is 13.8 Å². The van der Waals surface area contributed by atoms with Crippen LogP contribution in [0.2, 0.25) is 0 Å². The van der Waals surface area contributed by atoms with Gasteiger partial charge >= 0.3 is 12.0 Å². The van der Waals surface area contributed by atoms with Crippen molar-refractivity contribution in [3.8, 4) is 0 Å². The number of urea groups is 1. The third kappa shape index (κ3) is 5.64. The number of carbonyl (C=O) groups excluding carboxylic acids is 3. The first-order chi connectivity index (χ1) is 12.7. The minimum absolute atomic E-state index is 0.00371. The molecule has 2 heterocycles.